The molecular formula is C22H18N2O4S. The lowest BCUT2D eigenvalue weighted by atomic mass is 10.1. The van der Waals surface area contributed by atoms with Gasteiger partial charge in [-0.05, 0) is 48.9 Å². The third kappa shape index (κ3) is 4.52. The minimum absolute atomic E-state index is 0.0591. The molecule has 1 atom stereocenters. The molecule has 7 heteroatoms. The van der Waals surface area contributed by atoms with Crippen LogP contribution >= 0.6 is 11.3 Å². The summed E-state index contributed by atoms with van der Waals surface area (Å²) in [5.41, 5.74) is 2.73. The van der Waals surface area contributed by atoms with E-state index in [2.05, 4.69) is 16.4 Å². The van der Waals surface area contributed by atoms with Crippen LogP contribution in [0.4, 0.5) is 5.69 Å². The van der Waals surface area contributed by atoms with Crippen LogP contribution in [0, 0.1) is 0 Å². The fraction of sp³-hybridized carbons (Fsp3) is 0.136. The number of benzene rings is 2. The van der Waals surface area contributed by atoms with Crippen molar-refractivity contribution >= 4 is 39.1 Å². The standard InChI is InChI=1S/C22H18N2O4S/c1-14(28-22(26)18-6-4-12-27-18)21(25)23-16-10-8-15(9-11-16)13-20-24-17-5-2-3-7-19(17)29-20/h2-12,14H,13H2,1H3,(H,23,25)/t14-/m1/s1. The van der Waals surface area contributed by atoms with Crippen LogP contribution in [0.25, 0.3) is 10.2 Å². The molecule has 0 bridgehead atoms. The zero-order chi connectivity index (χ0) is 20.2. The molecule has 0 aliphatic rings. The number of anilines is 1. The summed E-state index contributed by atoms with van der Waals surface area (Å²) in [6, 6.07) is 18.7. The van der Waals surface area contributed by atoms with Gasteiger partial charge in [0.15, 0.2) is 6.10 Å². The smallest absolute Gasteiger partial charge is 0.374 e. The Kier molecular flexibility index (Phi) is 5.39. The largest absolute Gasteiger partial charge is 0.457 e. The van der Waals surface area contributed by atoms with Crippen molar-refractivity contribution in [1.29, 1.82) is 0 Å². The fourth-order valence-corrected chi connectivity index (χ4v) is 3.79. The highest BCUT2D eigenvalue weighted by Crippen LogP contribution is 2.24. The van der Waals surface area contributed by atoms with Crippen LogP contribution in [0.3, 0.4) is 0 Å². The van der Waals surface area contributed by atoms with E-state index in [1.807, 2.05) is 42.5 Å². The van der Waals surface area contributed by atoms with Crippen molar-refractivity contribution in [3.63, 3.8) is 0 Å². The highest BCUT2D eigenvalue weighted by molar-refractivity contribution is 7.18. The first-order valence-electron chi connectivity index (χ1n) is 9.07. The number of ether oxygens (including phenoxy) is 1. The Hall–Kier alpha value is -3.45. The molecule has 0 spiro atoms. The van der Waals surface area contributed by atoms with Gasteiger partial charge in [0.2, 0.25) is 5.76 Å². The number of aromatic nitrogens is 1. The highest BCUT2D eigenvalue weighted by Gasteiger charge is 2.20. The SMILES string of the molecule is C[C@@H](OC(=O)c1ccco1)C(=O)Nc1ccc(Cc2nc3ccccc3s2)cc1. The molecular weight excluding hydrogens is 388 g/mol. The van der Waals surface area contributed by atoms with Crippen molar-refractivity contribution in [1.82, 2.24) is 4.98 Å². The summed E-state index contributed by atoms with van der Waals surface area (Å²) in [5.74, 6) is -1.03. The molecule has 2 aromatic carbocycles. The normalized spacial score (nSPS) is 11.9. The zero-order valence-electron chi connectivity index (χ0n) is 15.6. The Labute approximate surface area is 171 Å². The van der Waals surface area contributed by atoms with Gasteiger partial charge in [0.05, 0.1) is 21.5 Å². The van der Waals surface area contributed by atoms with Crippen LogP contribution in [0.1, 0.15) is 28.0 Å². The van der Waals surface area contributed by atoms with Crippen molar-refractivity contribution in [2.75, 3.05) is 5.32 Å². The molecule has 4 rings (SSSR count). The Morgan fingerprint density at radius 3 is 2.62 bits per heavy atom. The summed E-state index contributed by atoms with van der Waals surface area (Å²) in [6.45, 7) is 1.51. The number of nitrogens with one attached hydrogen (secondary N) is 1. The lowest BCUT2D eigenvalue weighted by Gasteiger charge is -2.13. The summed E-state index contributed by atoms with van der Waals surface area (Å²) < 4.78 is 11.2. The molecule has 0 fully saturated rings. The van der Waals surface area contributed by atoms with Gasteiger partial charge in [-0.1, -0.05) is 24.3 Å². The summed E-state index contributed by atoms with van der Waals surface area (Å²) in [6.07, 6.45) is 1.15. The van der Waals surface area contributed by atoms with Gasteiger partial charge in [0.1, 0.15) is 0 Å². The highest BCUT2D eigenvalue weighted by atomic mass is 32.1. The minimum Gasteiger partial charge on any atom is -0.457 e. The van der Waals surface area contributed by atoms with Crippen LogP contribution in [0.15, 0.2) is 71.3 Å². The number of furan rings is 1. The molecule has 1 N–H and O–H groups in total. The zero-order valence-corrected chi connectivity index (χ0v) is 16.4. The third-order valence-electron chi connectivity index (χ3n) is 4.29. The fourth-order valence-electron chi connectivity index (χ4n) is 2.79. The van der Waals surface area contributed by atoms with E-state index in [0.717, 1.165) is 22.5 Å². The molecule has 0 unspecified atom stereocenters. The van der Waals surface area contributed by atoms with Crippen molar-refractivity contribution < 1.29 is 18.7 Å². The van der Waals surface area contributed by atoms with Gasteiger partial charge in [-0.2, -0.15) is 0 Å². The van der Waals surface area contributed by atoms with E-state index in [1.165, 1.54) is 24.0 Å². The molecule has 0 saturated heterocycles. The maximum atomic E-state index is 12.3. The maximum Gasteiger partial charge on any atom is 0.374 e. The Bertz CT molecular complexity index is 1100. The van der Waals surface area contributed by atoms with Gasteiger partial charge in [0.25, 0.3) is 5.91 Å². The van der Waals surface area contributed by atoms with Crippen LogP contribution in [0.5, 0.6) is 0 Å². The van der Waals surface area contributed by atoms with Gasteiger partial charge in [-0.3, -0.25) is 4.79 Å². The second-order valence-corrected chi connectivity index (χ2v) is 7.58. The third-order valence-corrected chi connectivity index (χ3v) is 5.33. The first-order chi connectivity index (χ1) is 14.1. The number of hydrogen-bond acceptors (Lipinski definition) is 6. The van der Waals surface area contributed by atoms with E-state index in [9.17, 15) is 9.59 Å². The second-order valence-electron chi connectivity index (χ2n) is 6.46. The number of esters is 1. The molecule has 1 amide bonds. The van der Waals surface area contributed by atoms with Crippen molar-refractivity contribution in [2.45, 2.75) is 19.4 Å². The molecule has 4 aromatic rings. The van der Waals surface area contributed by atoms with Crippen molar-refractivity contribution in [3.05, 3.63) is 83.3 Å². The number of carbonyl (C=O) groups is 2. The first-order valence-corrected chi connectivity index (χ1v) is 9.89. The Morgan fingerprint density at radius 1 is 1.10 bits per heavy atom. The second kappa shape index (κ2) is 8.28. The molecule has 2 aromatic heterocycles. The number of thiazole rings is 1. The summed E-state index contributed by atoms with van der Waals surface area (Å²) in [7, 11) is 0. The monoisotopic (exact) mass is 406 g/mol. The molecule has 29 heavy (non-hydrogen) atoms. The number of para-hydroxylation sites is 1. The van der Waals surface area contributed by atoms with E-state index in [0.29, 0.717) is 5.69 Å². The first kappa shape index (κ1) is 18.9. The topological polar surface area (TPSA) is 81.4 Å². The summed E-state index contributed by atoms with van der Waals surface area (Å²) in [4.78, 5) is 28.8. The number of rotatable bonds is 6. The van der Waals surface area contributed by atoms with Gasteiger partial charge < -0.3 is 14.5 Å². The molecule has 0 aliphatic carbocycles. The van der Waals surface area contributed by atoms with E-state index in [-0.39, 0.29) is 5.76 Å². The lowest BCUT2D eigenvalue weighted by Crippen LogP contribution is -2.29. The van der Waals surface area contributed by atoms with Crippen LogP contribution in [-0.4, -0.2) is 23.0 Å². The van der Waals surface area contributed by atoms with Crippen molar-refractivity contribution in [3.8, 4) is 0 Å². The van der Waals surface area contributed by atoms with Gasteiger partial charge in [-0.15, -0.1) is 11.3 Å². The number of nitrogens with zero attached hydrogens (tertiary/aromatic N) is 1. The van der Waals surface area contributed by atoms with Gasteiger partial charge in [0, 0.05) is 12.1 Å². The van der Waals surface area contributed by atoms with E-state index < -0.39 is 18.0 Å². The number of amides is 1. The summed E-state index contributed by atoms with van der Waals surface area (Å²) in [5, 5.41) is 3.79. The number of fused-ring (bicyclic) bond motifs is 1. The van der Waals surface area contributed by atoms with Crippen LogP contribution in [-0.2, 0) is 16.0 Å². The molecule has 146 valence electrons. The molecule has 0 aliphatic heterocycles. The van der Waals surface area contributed by atoms with E-state index >= 15 is 0 Å². The minimum atomic E-state index is -0.949. The van der Waals surface area contributed by atoms with E-state index in [1.54, 1.807) is 17.4 Å². The van der Waals surface area contributed by atoms with Gasteiger partial charge >= 0.3 is 5.97 Å². The predicted octanol–water partition coefficient (Wildman–Crippen LogP) is 4.66. The maximum absolute atomic E-state index is 12.3. The molecule has 2 heterocycles. The predicted molar refractivity (Wildman–Crippen MR) is 111 cm³/mol. The summed E-state index contributed by atoms with van der Waals surface area (Å²) >= 11 is 1.68. The molecule has 6 nitrogen and oxygen atoms in total. The molecule has 0 radical (unpaired) electrons. The average molecular weight is 406 g/mol. The quantitative estimate of drug-likeness (QED) is 0.471. The van der Waals surface area contributed by atoms with E-state index in [4.69, 9.17) is 9.15 Å². The Morgan fingerprint density at radius 2 is 1.90 bits per heavy atom. The number of carbonyl (C=O) groups excluding carboxylic acids is 2. The van der Waals surface area contributed by atoms with Gasteiger partial charge in [-0.25, -0.2) is 9.78 Å². The van der Waals surface area contributed by atoms with Crippen LogP contribution < -0.4 is 5.32 Å². The van der Waals surface area contributed by atoms with Crippen molar-refractivity contribution in [2.24, 2.45) is 0 Å². The van der Waals surface area contributed by atoms with Crippen LogP contribution in [0.2, 0.25) is 0 Å². The Balaban J connectivity index is 1.34. The average Bonchev–Trinajstić information content (AvgIpc) is 3.39. The number of hydrogen-bond donors (Lipinski definition) is 1. The lowest BCUT2D eigenvalue weighted by molar-refractivity contribution is -0.123. The molecule has 0 saturated carbocycles.